The van der Waals surface area contributed by atoms with Crippen LogP contribution < -0.4 is 4.90 Å². The van der Waals surface area contributed by atoms with Gasteiger partial charge in [0.1, 0.15) is 17.7 Å². The third-order valence-corrected chi connectivity index (χ3v) is 3.90. The molecule has 0 spiro atoms. The molecule has 1 aromatic carbocycles. The van der Waals surface area contributed by atoms with E-state index in [0.717, 1.165) is 17.8 Å². The van der Waals surface area contributed by atoms with Crippen molar-refractivity contribution in [2.24, 2.45) is 0 Å². The number of hydrogen-bond donors (Lipinski definition) is 0. The monoisotopic (exact) mass is 340 g/mol. The van der Waals surface area contributed by atoms with E-state index in [4.69, 9.17) is 4.74 Å². The number of rotatable bonds is 2. The molecule has 1 aliphatic heterocycles. The highest BCUT2D eigenvalue weighted by Crippen LogP contribution is 2.31. The summed E-state index contributed by atoms with van der Waals surface area (Å²) in [6, 6.07) is 8.40. The lowest BCUT2D eigenvalue weighted by molar-refractivity contribution is -0.137. The second kappa shape index (κ2) is 6.39. The minimum atomic E-state index is -4.40. The van der Waals surface area contributed by atoms with Crippen LogP contribution in [0.1, 0.15) is 24.2 Å². The number of halogens is 4. The zero-order chi connectivity index (χ0) is 17.3. The lowest BCUT2D eigenvalue weighted by Gasteiger charge is -2.37. The quantitative estimate of drug-likeness (QED) is 0.766. The highest BCUT2D eigenvalue weighted by Gasteiger charge is 2.32. The van der Waals surface area contributed by atoms with Gasteiger partial charge in [0.15, 0.2) is 0 Å². The summed E-state index contributed by atoms with van der Waals surface area (Å²) in [6.45, 7) is 2.84. The predicted molar refractivity (Wildman–Crippen MR) is 81.1 cm³/mol. The number of benzene rings is 1. The number of morpholine rings is 1. The van der Waals surface area contributed by atoms with E-state index in [2.05, 4.69) is 4.98 Å². The Morgan fingerprint density at radius 3 is 2.38 bits per heavy atom. The van der Waals surface area contributed by atoms with Gasteiger partial charge < -0.3 is 9.64 Å². The lowest BCUT2D eigenvalue weighted by atomic mass is 10.1. The molecule has 0 saturated carbocycles. The van der Waals surface area contributed by atoms with Crippen LogP contribution in [0, 0.1) is 5.82 Å². The lowest BCUT2D eigenvalue weighted by Crippen LogP contribution is -2.43. The first-order chi connectivity index (χ1) is 11.3. The van der Waals surface area contributed by atoms with Crippen LogP contribution >= 0.6 is 0 Å². The molecule has 0 amide bonds. The minimum absolute atomic E-state index is 0.127. The van der Waals surface area contributed by atoms with Gasteiger partial charge in [0.05, 0.1) is 11.7 Å². The number of nitrogens with zero attached hydrogens (tertiary/aromatic N) is 2. The van der Waals surface area contributed by atoms with Crippen molar-refractivity contribution in [1.29, 1.82) is 0 Å². The van der Waals surface area contributed by atoms with Crippen LogP contribution in [0.2, 0.25) is 0 Å². The maximum Gasteiger partial charge on any atom is 0.417 e. The Morgan fingerprint density at radius 1 is 1.08 bits per heavy atom. The van der Waals surface area contributed by atoms with Gasteiger partial charge in [0, 0.05) is 19.3 Å². The van der Waals surface area contributed by atoms with Crippen LogP contribution in [0.3, 0.4) is 0 Å². The first-order valence-corrected chi connectivity index (χ1v) is 7.52. The van der Waals surface area contributed by atoms with Crippen LogP contribution in [0.5, 0.6) is 0 Å². The first kappa shape index (κ1) is 16.7. The summed E-state index contributed by atoms with van der Waals surface area (Å²) in [5.74, 6) is 0.133. The third kappa shape index (κ3) is 3.67. The summed E-state index contributed by atoms with van der Waals surface area (Å²) in [6.07, 6.45) is -3.99. The van der Waals surface area contributed by atoms with Crippen LogP contribution in [-0.4, -0.2) is 24.2 Å². The van der Waals surface area contributed by atoms with E-state index in [0.29, 0.717) is 18.9 Å². The normalized spacial score (nSPS) is 21.8. The van der Waals surface area contributed by atoms with Crippen molar-refractivity contribution in [2.45, 2.75) is 25.3 Å². The van der Waals surface area contributed by atoms with Crippen molar-refractivity contribution in [3.63, 3.8) is 0 Å². The summed E-state index contributed by atoms with van der Waals surface area (Å²) in [7, 11) is 0. The van der Waals surface area contributed by atoms with E-state index in [1.165, 1.54) is 18.2 Å². The largest absolute Gasteiger partial charge is 0.417 e. The van der Waals surface area contributed by atoms with Crippen LogP contribution in [-0.2, 0) is 10.9 Å². The summed E-state index contributed by atoms with van der Waals surface area (Å²) in [4.78, 5) is 5.81. The molecule has 0 N–H and O–H groups in total. The molecule has 1 aliphatic rings. The van der Waals surface area contributed by atoms with Crippen LogP contribution in [0.25, 0.3) is 0 Å². The van der Waals surface area contributed by atoms with Crippen LogP contribution in [0.15, 0.2) is 42.6 Å². The van der Waals surface area contributed by atoms with E-state index in [1.807, 2.05) is 11.8 Å². The molecule has 0 aliphatic carbocycles. The molecule has 0 bridgehead atoms. The Morgan fingerprint density at radius 2 is 1.79 bits per heavy atom. The van der Waals surface area contributed by atoms with Crippen LogP contribution in [0.4, 0.5) is 23.4 Å². The van der Waals surface area contributed by atoms with E-state index >= 15 is 0 Å². The highest BCUT2D eigenvalue weighted by atomic mass is 19.4. The molecule has 2 heterocycles. The third-order valence-electron chi connectivity index (χ3n) is 3.90. The van der Waals surface area contributed by atoms with Crippen molar-refractivity contribution in [1.82, 2.24) is 4.98 Å². The Balaban J connectivity index is 1.79. The standard InChI is InChI=1S/C17H16F4N2O/c1-11-9-23(16-7-4-13(8-22-16)17(19,20)21)10-15(24-11)12-2-5-14(18)6-3-12/h2-8,11,15H,9-10H2,1H3. The molecule has 3 rings (SSSR count). The molecule has 3 nitrogen and oxygen atoms in total. The second-order valence-corrected chi connectivity index (χ2v) is 5.79. The van der Waals surface area contributed by atoms with Gasteiger partial charge in [-0.15, -0.1) is 0 Å². The number of alkyl halides is 3. The van der Waals surface area contributed by atoms with Gasteiger partial charge in [0.25, 0.3) is 0 Å². The molecule has 24 heavy (non-hydrogen) atoms. The van der Waals surface area contributed by atoms with Gasteiger partial charge in [-0.1, -0.05) is 12.1 Å². The highest BCUT2D eigenvalue weighted by molar-refractivity contribution is 5.41. The fourth-order valence-corrected chi connectivity index (χ4v) is 2.74. The molecule has 2 unspecified atom stereocenters. The Labute approximate surface area is 136 Å². The van der Waals surface area contributed by atoms with E-state index < -0.39 is 11.7 Å². The molecule has 1 fully saturated rings. The van der Waals surface area contributed by atoms with Gasteiger partial charge in [0.2, 0.25) is 0 Å². The molecule has 2 aromatic rings. The zero-order valence-corrected chi connectivity index (χ0v) is 12.9. The van der Waals surface area contributed by atoms with Crippen molar-refractivity contribution in [3.05, 3.63) is 59.5 Å². The molecule has 0 radical (unpaired) electrons. The van der Waals surface area contributed by atoms with Crippen molar-refractivity contribution in [3.8, 4) is 0 Å². The van der Waals surface area contributed by atoms with Gasteiger partial charge in [-0.25, -0.2) is 9.37 Å². The zero-order valence-electron chi connectivity index (χ0n) is 12.9. The molecular weight excluding hydrogens is 324 g/mol. The minimum Gasteiger partial charge on any atom is -0.367 e. The molecule has 2 atom stereocenters. The van der Waals surface area contributed by atoms with Crippen molar-refractivity contribution >= 4 is 5.82 Å². The fourth-order valence-electron chi connectivity index (χ4n) is 2.74. The van der Waals surface area contributed by atoms with Gasteiger partial charge in [-0.3, -0.25) is 0 Å². The van der Waals surface area contributed by atoms with Gasteiger partial charge in [-0.2, -0.15) is 13.2 Å². The molecule has 128 valence electrons. The predicted octanol–water partition coefficient (Wildman–Crippen LogP) is 4.21. The topological polar surface area (TPSA) is 25.4 Å². The van der Waals surface area contributed by atoms with Gasteiger partial charge in [-0.05, 0) is 36.8 Å². The van der Waals surface area contributed by atoms with E-state index in [9.17, 15) is 17.6 Å². The SMILES string of the molecule is CC1CN(c2ccc(C(F)(F)F)cn2)CC(c2ccc(F)cc2)O1. The molecule has 1 aromatic heterocycles. The average Bonchev–Trinajstić information content (AvgIpc) is 2.54. The first-order valence-electron chi connectivity index (χ1n) is 7.52. The fraction of sp³-hybridized carbons (Fsp3) is 0.353. The number of aromatic nitrogens is 1. The number of ether oxygens (including phenoxy) is 1. The Hall–Kier alpha value is -2.15. The molecule has 7 heteroatoms. The van der Waals surface area contributed by atoms with E-state index in [1.54, 1.807) is 12.1 Å². The van der Waals surface area contributed by atoms with Crippen molar-refractivity contribution < 1.29 is 22.3 Å². The smallest absolute Gasteiger partial charge is 0.367 e. The maximum absolute atomic E-state index is 13.1. The molecular formula is C17H16F4N2O. The summed E-state index contributed by atoms with van der Waals surface area (Å²) >= 11 is 0. The second-order valence-electron chi connectivity index (χ2n) is 5.79. The summed E-state index contributed by atoms with van der Waals surface area (Å²) in [5.41, 5.74) is 0.0440. The molecule has 1 saturated heterocycles. The summed E-state index contributed by atoms with van der Waals surface area (Å²) < 4.78 is 56.8. The number of pyridine rings is 1. The maximum atomic E-state index is 13.1. The Kier molecular flexibility index (Phi) is 4.45. The number of anilines is 1. The van der Waals surface area contributed by atoms with E-state index in [-0.39, 0.29) is 18.0 Å². The number of hydrogen-bond acceptors (Lipinski definition) is 3. The average molecular weight is 340 g/mol. The Bertz CT molecular complexity index is 685. The van der Waals surface area contributed by atoms with Gasteiger partial charge >= 0.3 is 6.18 Å². The summed E-state index contributed by atoms with van der Waals surface area (Å²) in [5, 5.41) is 0. The van der Waals surface area contributed by atoms with Crippen molar-refractivity contribution in [2.75, 3.05) is 18.0 Å².